The molecule has 2 N–H and O–H groups in total. The summed E-state index contributed by atoms with van der Waals surface area (Å²) < 4.78 is 5.77. The molecule has 13 heavy (non-hydrogen) atoms. The molecule has 0 amide bonds. The molecule has 1 aliphatic rings. The maximum absolute atomic E-state index is 5.77. The Kier molecular flexibility index (Phi) is 5.40. The fourth-order valence-electron chi connectivity index (χ4n) is 1.97. The van der Waals surface area contributed by atoms with Crippen LogP contribution in [-0.2, 0) is 4.74 Å². The van der Waals surface area contributed by atoms with Crippen molar-refractivity contribution < 1.29 is 4.74 Å². The lowest BCUT2D eigenvalue weighted by Crippen LogP contribution is -2.15. The largest absolute Gasteiger partial charge is 0.378 e. The molecule has 0 aromatic heterocycles. The van der Waals surface area contributed by atoms with Crippen LogP contribution in [0.1, 0.15) is 45.4 Å². The molecule has 0 saturated heterocycles. The summed E-state index contributed by atoms with van der Waals surface area (Å²) in [4.78, 5) is 0. The van der Waals surface area contributed by atoms with Gasteiger partial charge in [-0.05, 0) is 45.1 Å². The highest BCUT2D eigenvalue weighted by molar-refractivity contribution is 4.67. The van der Waals surface area contributed by atoms with Crippen LogP contribution >= 0.6 is 0 Å². The molecule has 1 aliphatic carbocycles. The maximum atomic E-state index is 5.77. The first-order valence-corrected chi connectivity index (χ1v) is 5.64. The van der Waals surface area contributed by atoms with E-state index in [2.05, 4.69) is 6.92 Å². The van der Waals surface area contributed by atoms with Crippen LogP contribution in [0.4, 0.5) is 0 Å². The molecular weight excluding hydrogens is 162 g/mol. The van der Waals surface area contributed by atoms with Crippen LogP contribution in [0.5, 0.6) is 0 Å². The smallest absolute Gasteiger partial charge is 0.0547 e. The highest BCUT2D eigenvalue weighted by atomic mass is 16.5. The Morgan fingerprint density at radius 1 is 1.38 bits per heavy atom. The second-order valence-electron chi connectivity index (χ2n) is 4.23. The summed E-state index contributed by atoms with van der Waals surface area (Å²) in [5.41, 5.74) is 5.44. The van der Waals surface area contributed by atoms with Crippen molar-refractivity contribution >= 4 is 0 Å². The summed E-state index contributed by atoms with van der Waals surface area (Å²) in [5, 5.41) is 0. The van der Waals surface area contributed by atoms with Gasteiger partial charge in [-0.1, -0.05) is 12.8 Å². The Hall–Kier alpha value is -0.0800. The van der Waals surface area contributed by atoms with Crippen LogP contribution in [0, 0.1) is 5.92 Å². The first-order valence-electron chi connectivity index (χ1n) is 5.64. The number of hydrogen-bond donors (Lipinski definition) is 1. The summed E-state index contributed by atoms with van der Waals surface area (Å²) >= 11 is 0. The molecule has 1 rings (SSSR count). The van der Waals surface area contributed by atoms with Crippen molar-refractivity contribution in [2.24, 2.45) is 11.7 Å². The van der Waals surface area contributed by atoms with Gasteiger partial charge in [0.25, 0.3) is 0 Å². The van der Waals surface area contributed by atoms with Crippen LogP contribution in [-0.4, -0.2) is 19.3 Å². The van der Waals surface area contributed by atoms with Gasteiger partial charge < -0.3 is 10.5 Å². The van der Waals surface area contributed by atoms with Gasteiger partial charge >= 0.3 is 0 Å². The Balaban J connectivity index is 1.97. The van der Waals surface area contributed by atoms with E-state index in [1.165, 1.54) is 25.7 Å². The zero-order chi connectivity index (χ0) is 9.52. The third kappa shape index (κ3) is 4.63. The monoisotopic (exact) mass is 185 g/mol. The lowest BCUT2D eigenvalue weighted by Gasteiger charge is -2.15. The zero-order valence-electron chi connectivity index (χ0n) is 8.80. The van der Waals surface area contributed by atoms with E-state index in [0.29, 0.717) is 6.10 Å². The third-order valence-electron chi connectivity index (χ3n) is 2.91. The second-order valence-corrected chi connectivity index (χ2v) is 4.23. The lowest BCUT2D eigenvalue weighted by atomic mass is 10.1. The molecule has 0 bridgehead atoms. The predicted molar refractivity (Wildman–Crippen MR) is 55.7 cm³/mol. The fraction of sp³-hybridized carbons (Fsp3) is 1.00. The zero-order valence-corrected chi connectivity index (χ0v) is 8.80. The Bertz CT molecular complexity index is 121. The molecule has 1 fully saturated rings. The van der Waals surface area contributed by atoms with E-state index in [9.17, 15) is 0 Å². The lowest BCUT2D eigenvalue weighted by molar-refractivity contribution is 0.0359. The Labute approximate surface area is 81.8 Å². The molecule has 0 aromatic rings. The molecule has 2 heteroatoms. The van der Waals surface area contributed by atoms with Gasteiger partial charge in [-0.25, -0.2) is 0 Å². The Morgan fingerprint density at radius 3 is 2.69 bits per heavy atom. The minimum absolute atomic E-state index is 0.407. The average Bonchev–Trinajstić information content (AvgIpc) is 2.64. The highest BCUT2D eigenvalue weighted by Crippen LogP contribution is 2.25. The standard InChI is InChI=1S/C11H23NO/c1-10(5-4-8-12)13-9-11-6-2-3-7-11/h10-11H,2-9,12H2,1H3. The molecule has 1 saturated carbocycles. The van der Waals surface area contributed by atoms with Gasteiger partial charge in [-0.3, -0.25) is 0 Å². The van der Waals surface area contributed by atoms with Crippen molar-refractivity contribution in [2.45, 2.75) is 51.6 Å². The molecule has 0 heterocycles. The summed E-state index contributed by atoms with van der Waals surface area (Å²) in [7, 11) is 0. The number of rotatable bonds is 6. The molecule has 0 spiro atoms. The third-order valence-corrected chi connectivity index (χ3v) is 2.91. The van der Waals surface area contributed by atoms with Gasteiger partial charge in [0.2, 0.25) is 0 Å². The molecule has 1 unspecified atom stereocenters. The molecule has 78 valence electrons. The molecule has 1 atom stereocenters. The van der Waals surface area contributed by atoms with Crippen molar-refractivity contribution in [3.05, 3.63) is 0 Å². The first-order chi connectivity index (χ1) is 6.33. The van der Waals surface area contributed by atoms with E-state index >= 15 is 0 Å². The number of ether oxygens (including phenoxy) is 1. The van der Waals surface area contributed by atoms with Gasteiger partial charge in [-0.2, -0.15) is 0 Å². The van der Waals surface area contributed by atoms with Crippen molar-refractivity contribution in [1.29, 1.82) is 0 Å². The van der Waals surface area contributed by atoms with Crippen molar-refractivity contribution in [3.63, 3.8) is 0 Å². The van der Waals surface area contributed by atoms with Crippen LogP contribution in [0.25, 0.3) is 0 Å². The minimum atomic E-state index is 0.407. The highest BCUT2D eigenvalue weighted by Gasteiger charge is 2.15. The summed E-state index contributed by atoms with van der Waals surface area (Å²) in [6, 6.07) is 0. The van der Waals surface area contributed by atoms with E-state index in [-0.39, 0.29) is 0 Å². The molecule has 0 aliphatic heterocycles. The van der Waals surface area contributed by atoms with E-state index < -0.39 is 0 Å². The van der Waals surface area contributed by atoms with Crippen LogP contribution in [0.2, 0.25) is 0 Å². The number of nitrogens with two attached hydrogens (primary N) is 1. The average molecular weight is 185 g/mol. The molecule has 2 nitrogen and oxygen atoms in total. The van der Waals surface area contributed by atoms with Crippen LogP contribution in [0.15, 0.2) is 0 Å². The van der Waals surface area contributed by atoms with Crippen molar-refractivity contribution in [2.75, 3.05) is 13.2 Å². The van der Waals surface area contributed by atoms with E-state index in [1.807, 2.05) is 0 Å². The topological polar surface area (TPSA) is 35.2 Å². The number of hydrogen-bond acceptors (Lipinski definition) is 2. The van der Waals surface area contributed by atoms with Gasteiger partial charge in [0.1, 0.15) is 0 Å². The predicted octanol–water partition coefficient (Wildman–Crippen LogP) is 2.32. The SMILES string of the molecule is CC(CCCN)OCC1CCCC1. The van der Waals surface area contributed by atoms with Gasteiger partial charge in [0.05, 0.1) is 6.10 Å². The summed E-state index contributed by atoms with van der Waals surface area (Å²) in [6.07, 6.45) is 8.18. The molecular formula is C11H23NO. The molecule has 0 radical (unpaired) electrons. The van der Waals surface area contributed by atoms with E-state index in [1.54, 1.807) is 0 Å². The van der Waals surface area contributed by atoms with Gasteiger partial charge in [0, 0.05) is 6.61 Å². The van der Waals surface area contributed by atoms with Crippen LogP contribution < -0.4 is 5.73 Å². The maximum Gasteiger partial charge on any atom is 0.0547 e. The van der Waals surface area contributed by atoms with E-state index in [4.69, 9.17) is 10.5 Å². The summed E-state index contributed by atoms with van der Waals surface area (Å²) in [5.74, 6) is 0.848. The normalized spacial score (nSPS) is 20.8. The van der Waals surface area contributed by atoms with Gasteiger partial charge in [-0.15, -0.1) is 0 Å². The molecule has 0 aromatic carbocycles. The van der Waals surface area contributed by atoms with Gasteiger partial charge in [0.15, 0.2) is 0 Å². The van der Waals surface area contributed by atoms with Crippen LogP contribution in [0.3, 0.4) is 0 Å². The fourth-order valence-corrected chi connectivity index (χ4v) is 1.97. The first kappa shape index (κ1) is 11.0. The van der Waals surface area contributed by atoms with Crippen molar-refractivity contribution in [1.82, 2.24) is 0 Å². The minimum Gasteiger partial charge on any atom is -0.378 e. The quantitative estimate of drug-likeness (QED) is 0.689. The van der Waals surface area contributed by atoms with Crippen molar-refractivity contribution in [3.8, 4) is 0 Å². The Morgan fingerprint density at radius 2 is 2.08 bits per heavy atom. The second kappa shape index (κ2) is 6.39. The summed E-state index contributed by atoms with van der Waals surface area (Å²) in [6.45, 7) is 3.92. The van der Waals surface area contributed by atoms with E-state index in [0.717, 1.165) is 31.9 Å².